The molecule has 0 aliphatic carbocycles. The van der Waals surface area contributed by atoms with Gasteiger partial charge in [-0.05, 0) is 49.3 Å². The average Bonchev–Trinajstić information content (AvgIpc) is 2.41. The number of rotatable bonds is 8. The molecule has 0 aromatic carbocycles. The number of aromatic nitrogens is 2. The molecule has 0 aliphatic rings. The molecule has 0 amide bonds. The number of anilines is 1. The molecule has 4 nitrogen and oxygen atoms in total. The molecule has 0 spiro atoms. The molecule has 0 radical (unpaired) electrons. The number of ether oxygens (including phenoxy) is 1. The highest BCUT2D eigenvalue weighted by Crippen LogP contribution is 2.25. The first kappa shape index (κ1) is 16.6. The lowest BCUT2D eigenvalue weighted by Crippen LogP contribution is -2.14. The molecule has 5 heteroatoms. The zero-order chi connectivity index (χ0) is 14.3. The predicted octanol–water partition coefficient (Wildman–Crippen LogP) is 3.95. The van der Waals surface area contributed by atoms with E-state index < -0.39 is 0 Å². The quantitative estimate of drug-likeness (QED) is 0.697. The van der Waals surface area contributed by atoms with E-state index in [4.69, 9.17) is 9.72 Å². The zero-order valence-electron chi connectivity index (χ0n) is 12.3. The number of halogens is 1. The van der Waals surface area contributed by atoms with Crippen LogP contribution >= 0.6 is 22.6 Å². The molecule has 1 atom stereocenters. The van der Waals surface area contributed by atoms with Gasteiger partial charge in [0.25, 0.3) is 0 Å². The molecule has 0 saturated carbocycles. The van der Waals surface area contributed by atoms with E-state index in [9.17, 15) is 0 Å². The maximum Gasteiger partial charge on any atom is 0.159 e. The minimum atomic E-state index is -0.00462. The average molecular weight is 377 g/mol. The van der Waals surface area contributed by atoms with Gasteiger partial charge in [-0.2, -0.15) is 0 Å². The summed E-state index contributed by atoms with van der Waals surface area (Å²) in [6.07, 6.45) is 2.96. The van der Waals surface area contributed by atoms with Gasteiger partial charge in [0.2, 0.25) is 0 Å². The first-order valence-corrected chi connectivity index (χ1v) is 8.17. The van der Waals surface area contributed by atoms with Gasteiger partial charge in [0.1, 0.15) is 11.9 Å². The fraction of sp³-hybridized carbons (Fsp3) is 0.714. The van der Waals surface area contributed by atoms with E-state index in [0.29, 0.717) is 6.61 Å². The lowest BCUT2D eigenvalue weighted by atomic mass is 10.2. The summed E-state index contributed by atoms with van der Waals surface area (Å²) in [7, 11) is 0. The number of hydrogen-bond acceptors (Lipinski definition) is 4. The smallest absolute Gasteiger partial charge is 0.159 e. The fourth-order valence-corrected chi connectivity index (χ4v) is 2.62. The van der Waals surface area contributed by atoms with Crippen LogP contribution in [0, 0.1) is 3.57 Å². The van der Waals surface area contributed by atoms with Crippen LogP contribution in [0.2, 0.25) is 0 Å². The van der Waals surface area contributed by atoms with Crippen molar-refractivity contribution in [1.82, 2.24) is 9.97 Å². The SMILES string of the molecule is CCCc1nc(C(CC)OCC)nc(NCC)c1I. The van der Waals surface area contributed by atoms with Crippen molar-refractivity contribution in [2.45, 2.75) is 53.1 Å². The van der Waals surface area contributed by atoms with Crippen molar-refractivity contribution in [2.75, 3.05) is 18.5 Å². The summed E-state index contributed by atoms with van der Waals surface area (Å²) in [5.41, 5.74) is 1.13. The van der Waals surface area contributed by atoms with Gasteiger partial charge in [-0.15, -0.1) is 0 Å². The third kappa shape index (κ3) is 4.56. The van der Waals surface area contributed by atoms with Crippen LogP contribution in [-0.2, 0) is 11.2 Å². The van der Waals surface area contributed by atoms with Crippen LogP contribution in [0.4, 0.5) is 5.82 Å². The van der Waals surface area contributed by atoms with Gasteiger partial charge in [0.15, 0.2) is 5.82 Å². The van der Waals surface area contributed by atoms with Gasteiger partial charge >= 0.3 is 0 Å². The van der Waals surface area contributed by atoms with Gasteiger partial charge in [0.05, 0.1) is 9.26 Å². The molecule has 19 heavy (non-hydrogen) atoms. The third-order valence-electron chi connectivity index (χ3n) is 2.79. The summed E-state index contributed by atoms with van der Waals surface area (Å²) in [5.74, 6) is 1.75. The Bertz CT molecular complexity index is 371. The third-order valence-corrected chi connectivity index (χ3v) is 3.93. The molecular formula is C14H24IN3O. The van der Waals surface area contributed by atoms with Gasteiger partial charge in [-0.1, -0.05) is 20.3 Å². The summed E-state index contributed by atoms with van der Waals surface area (Å²) >= 11 is 2.33. The Hall–Kier alpha value is -0.430. The predicted molar refractivity (Wildman–Crippen MR) is 87.6 cm³/mol. The zero-order valence-corrected chi connectivity index (χ0v) is 14.5. The van der Waals surface area contributed by atoms with Gasteiger partial charge < -0.3 is 10.1 Å². The van der Waals surface area contributed by atoms with Gasteiger partial charge in [-0.3, -0.25) is 0 Å². The van der Waals surface area contributed by atoms with E-state index in [1.165, 1.54) is 0 Å². The van der Waals surface area contributed by atoms with E-state index >= 15 is 0 Å². The molecule has 0 bridgehead atoms. The summed E-state index contributed by atoms with van der Waals surface area (Å²) in [5, 5.41) is 3.32. The van der Waals surface area contributed by atoms with Crippen molar-refractivity contribution in [3.05, 3.63) is 15.1 Å². The van der Waals surface area contributed by atoms with Crippen molar-refractivity contribution >= 4 is 28.4 Å². The Morgan fingerprint density at radius 2 is 1.95 bits per heavy atom. The van der Waals surface area contributed by atoms with Crippen molar-refractivity contribution in [3.63, 3.8) is 0 Å². The van der Waals surface area contributed by atoms with E-state index in [1.54, 1.807) is 0 Å². The molecule has 0 fully saturated rings. The Labute approximate surface area is 129 Å². The lowest BCUT2D eigenvalue weighted by Gasteiger charge is -2.17. The number of hydrogen-bond donors (Lipinski definition) is 1. The number of nitrogens with zero attached hydrogens (tertiary/aromatic N) is 2. The Morgan fingerprint density at radius 3 is 2.47 bits per heavy atom. The molecule has 1 unspecified atom stereocenters. The molecule has 1 aromatic rings. The monoisotopic (exact) mass is 377 g/mol. The standard InChI is InChI=1S/C14H24IN3O/c1-5-9-10-12(15)14(16-7-3)18-13(17-10)11(6-2)19-8-4/h11H,5-9H2,1-4H3,(H,16,17,18). The van der Waals surface area contributed by atoms with E-state index in [0.717, 1.165) is 46.7 Å². The van der Waals surface area contributed by atoms with E-state index in [-0.39, 0.29) is 6.10 Å². The normalized spacial score (nSPS) is 12.5. The highest BCUT2D eigenvalue weighted by molar-refractivity contribution is 14.1. The second-order valence-corrected chi connectivity index (χ2v) is 5.40. The Balaban J connectivity index is 3.15. The minimum Gasteiger partial charge on any atom is -0.371 e. The highest BCUT2D eigenvalue weighted by atomic mass is 127. The van der Waals surface area contributed by atoms with Gasteiger partial charge in [-0.25, -0.2) is 9.97 Å². The van der Waals surface area contributed by atoms with Gasteiger partial charge in [0, 0.05) is 13.2 Å². The maximum atomic E-state index is 5.73. The topological polar surface area (TPSA) is 47.0 Å². The number of nitrogens with one attached hydrogen (secondary N) is 1. The second-order valence-electron chi connectivity index (χ2n) is 4.32. The van der Waals surface area contributed by atoms with Crippen molar-refractivity contribution in [3.8, 4) is 0 Å². The molecule has 1 rings (SSSR count). The van der Waals surface area contributed by atoms with Crippen molar-refractivity contribution < 1.29 is 4.74 Å². The highest BCUT2D eigenvalue weighted by Gasteiger charge is 2.17. The van der Waals surface area contributed by atoms with Crippen LogP contribution in [0.3, 0.4) is 0 Å². The maximum absolute atomic E-state index is 5.73. The largest absolute Gasteiger partial charge is 0.371 e. The molecule has 1 heterocycles. The second kappa shape index (κ2) is 8.68. The Morgan fingerprint density at radius 1 is 1.21 bits per heavy atom. The summed E-state index contributed by atoms with van der Waals surface area (Å²) < 4.78 is 6.86. The van der Waals surface area contributed by atoms with Crippen LogP contribution in [-0.4, -0.2) is 23.1 Å². The molecule has 1 aromatic heterocycles. The van der Waals surface area contributed by atoms with Crippen LogP contribution in [0.1, 0.15) is 58.2 Å². The lowest BCUT2D eigenvalue weighted by molar-refractivity contribution is 0.0534. The van der Waals surface area contributed by atoms with Crippen LogP contribution in [0.5, 0.6) is 0 Å². The van der Waals surface area contributed by atoms with Crippen LogP contribution in [0.15, 0.2) is 0 Å². The Kier molecular flexibility index (Phi) is 7.60. The van der Waals surface area contributed by atoms with E-state index in [2.05, 4.69) is 53.7 Å². The summed E-state index contributed by atoms with van der Waals surface area (Å²) in [6, 6.07) is 0. The van der Waals surface area contributed by atoms with E-state index in [1.807, 2.05) is 6.92 Å². The van der Waals surface area contributed by atoms with Crippen LogP contribution in [0.25, 0.3) is 0 Å². The van der Waals surface area contributed by atoms with Crippen LogP contribution < -0.4 is 5.32 Å². The molecular weight excluding hydrogens is 353 g/mol. The molecule has 0 aliphatic heterocycles. The minimum absolute atomic E-state index is 0.00462. The van der Waals surface area contributed by atoms with Crippen molar-refractivity contribution in [2.24, 2.45) is 0 Å². The molecule has 108 valence electrons. The first-order chi connectivity index (χ1) is 9.17. The summed E-state index contributed by atoms with van der Waals surface area (Å²) in [6.45, 7) is 9.92. The van der Waals surface area contributed by atoms with Crippen molar-refractivity contribution in [1.29, 1.82) is 0 Å². The first-order valence-electron chi connectivity index (χ1n) is 7.09. The fourth-order valence-electron chi connectivity index (χ4n) is 1.92. The summed E-state index contributed by atoms with van der Waals surface area (Å²) in [4.78, 5) is 9.35. The molecule has 1 N–H and O–H groups in total. The number of aryl methyl sites for hydroxylation is 1. The molecule has 0 saturated heterocycles.